The molecule has 0 bridgehead atoms. The standard InChI is InChI=1S/C13H8ClFN2O/c14-7-4-5-10-11(6-7)18-13(17-10)12-8(15)2-1-3-9(12)16/h1-6H,16H2. The van der Waals surface area contributed by atoms with Crippen molar-refractivity contribution in [2.24, 2.45) is 0 Å². The second kappa shape index (κ2) is 3.99. The number of halogens is 2. The SMILES string of the molecule is Nc1cccc(F)c1-c1nc2ccc(Cl)cc2o1. The molecule has 5 heteroatoms. The second-order valence-electron chi connectivity index (χ2n) is 3.84. The molecule has 0 aliphatic heterocycles. The highest BCUT2D eigenvalue weighted by Gasteiger charge is 2.15. The number of anilines is 1. The van der Waals surface area contributed by atoms with E-state index in [2.05, 4.69) is 4.98 Å². The summed E-state index contributed by atoms with van der Waals surface area (Å²) in [5.41, 5.74) is 7.30. The van der Waals surface area contributed by atoms with Gasteiger partial charge in [-0.3, -0.25) is 0 Å². The van der Waals surface area contributed by atoms with E-state index in [1.165, 1.54) is 12.1 Å². The van der Waals surface area contributed by atoms with Crippen molar-refractivity contribution >= 4 is 28.4 Å². The van der Waals surface area contributed by atoms with E-state index in [4.69, 9.17) is 21.8 Å². The summed E-state index contributed by atoms with van der Waals surface area (Å²) < 4.78 is 19.2. The Balaban J connectivity index is 2.26. The lowest BCUT2D eigenvalue weighted by Crippen LogP contribution is -1.93. The van der Waals surface area contributed by atoms with Crippen LogP contribution in [0.4, 0.5) is 10.1 Å². The first-order chi connectivity index (χ1) is 8.65. The van der Waals surface area contributed by atoms with Gasteiger partial charge in [0.05, 0.1) is 5.56 Å². The summed E-state index contributed by atoms with van der Waals surface area (Å²) in [6, 6.07) is 9.48. The molecular weight excluding hydrogens is 255 g/mol. The first-order valence-electron chi connectivity index (χ1n) is 5.25. The van der Waals surface area contributed by atoms with Crippen molar-refractivity contribution in [2.75, 3.05) is 5.73 Å². The summed E-state index contributed by atoms with van der Waals surface area (Å²) in [7, 11) is 0. The fourth-order valence-electron chi connectivity index (χ4n) is 1.77. The normalized spacial score (nSPS) is 11.0. The Labute approximate surface area is 107 Å². The van der Waals surface area contributed by atoms with E-state index < -0.39 is 5.82 Å². The topological polar surface area (TPSA) is 52.0 Å². The Morgan fingerprint density at radius 2 is 2.06 bits per heavy atom. The van der Waals surface area contributed by atoms with Gasteiger partial charge in [-0.2, -0.15) is 0 Å². The Morgan fingerprint density at radius 1 is 1.22 bits per heavy atom. The number of rotatable bonds is 1. The lowest BCUT2D eigenvalue weighted by atomic mass is 10.1. The number of fused-ring (bicyclic) bond motifs is 1. The smallest absolute Gasteiger partial charge is 0.232 e. The predicted molar refractivity (Wildman–Crippen MR) is 68.8 cm³/mol. The average Bonchev–Trinajstić information content (AvgIpc) is 2.71. The van der Waals surface area contributed by atoms with Crippen molar-refractivity contribution in [1.82, 2.24) is 4.98 Å². The van der Waals surface area contributed by atoms with Crippen LogP contribution in [0.5, 0.6) is 0 Å². The molecule has 2 aromatic carbocycles. The van der Waals surface area contributed by atoms with Gasteiger partial charge in [-0.15, -0.1) is 0 Å². The molecule has 0 saturated carbocycles. The number of nitrogens with zero attached hydrogens (tertiary/aromatic N) is 1. The number of nitrogens with two attached hydrogens (primary N) is 1. The fourth-order valence-corrected chi connectivity index (χ4v) is 1.93. The number of oxazole rings is 1. The number of hydrogen-bond donors (Lipinski definition) is 1. The van der Waals surface area contributed by atoms with Crippen LogP contribution < -0.4 is 5.73 Å². The summed E-state index contributed by atoms with van der Waals surface area (Å²) >= 11 is 5.85. The molecule has 0 radical (unpaired) electrons. The van der Waals surface area contributed by atoms with Crippen molar-refractivity contribution in [3.05, 3.63) is 47.2 Å². The monoisotopic (exact) mass is 262 g/mol. The highest BCUT2D eigenvalue weighted by atomic mass is 35.5. The van der Waals surface area contributed by atoms with Crippen LogP contribution in [0.3, 0.4) is 0 Å². The molecule has 90 valence electrons. The van der Waals surface area contributed by atoms with Gasteiger partial charge >= 0.3 is 0 Å². The van der Waals surface area contributed by atoms with Gasteiger partial charge in [0.15, 0.2) is 5.58 Å². The third-order valence-corrected chi connectivity index (χ3v) is 2.85. The molecule has 0 aliphatic rings. The van der Waals surface area contributed by atoms with Crippen LogP contribution in [-0.2, 0) is 0 Å². The quantitative estimate of drug-likeness (QED) is 0.677. The van der Waals surface area contributed by atoms with Crippen molar-refractivity contribution in [1.29, 1.82) is 0 Å². The number of benzene rings is 2. The molecule has 0 saturated heterocycles. The van der Waals surface area contributed by atoms with E-state index in [0.717, 1.165) is 0 Å². The van der Waals surface area contributed by atoms with Crippen LogP contribution in [0.15, 0.2) is 40.8 Å². The molecule has 1 aromatic heterocycles. The minimum Gasteiger partial charge on any atom is -0.436 e. The van der Waals surface area contributed by atoms with E-state index in [1.807, 2.05) is 0 Å². The van der Waals surface area contributed by atoms with Crippen LogP contribution in [0.2, 0.25) is 5.02 Å². The van der Waals surface area contributed by atoms with Gasteiger partial charge in [0.2, 0.25) is 5.89 Å². The molecule has 0 fully saturated rings. The Morgan fingerprint density at radius 3 is 2.83 bits per heavy atom. The van der Waals surface area contributed by atoms with Crippen LogP contribution in [-0.4, -0.2) is 4.98 Å². The second-order valence-corrected chi connectivity index (χ2v) is 4.27. The summed E-state index contributed by atoms with van der Waals surface area (Å²) in [4.78, 5) is 4.20. The summed E-state index contributed by atoms with van der Waals surface area (Å²) in [6.07, 6.45) is 0. The zero-order chi connectivity index (χ0) is 12.7. The Hall–Kier alpha value is -2.07. The molecule has 3 nitrogen and oxygen atoms in total. The van der Waals surface area contributed by atoms with Crippen LogP contribution in [0.1, 0.15) is 0 Å². The number of hydrogen-bond acceptors (Lipinski definition) is 3. The highest BCUT2D eigenvalue weighted by molar-refractivity contribution is 6.31. The van der Waals surface area contributed by atoms with Gasteiger partial charge in [-0.1, -0.05) is 17.7 Å². The molecule has 1 heterocycles. The average molecular weight is 263 g/mol. The summed E-state index contributed by atoms with van der Waals surface area (Å²) in [6.45, 7) is 0. The van der Waals surface area contributed by atoms with E-state index in [-0.39, 0.29) is 17.1 Å². The van der Waals surface area contributed by atoms with Crippen LogP contribution >= 0.6 is 11.6 Å². The molecule has 0 spiro atoms. The molecule has 0 amide bonds. The first kappa shape index (κ1) is 11.0. The zero-order valence-electron chi connectivity index (χ0n) is 9.15. The first-order valence-corrected chi connectivity index (χ1v) is 5.63. The lowest BCUT2D eigenvalue weighted by Gasteiger charge is -2.01. The van der Waals surface area contributed by atoms with Crippen LogP contribution in [0.25, 0.3) is 22.6 Å². The zero-order valence-corrected chi connectivity index (χ0v) is 9.91. The molecule has 0 atom stereocenters. The summed E-state index contributed by atoms with van der Waals surface area (Å²) in [5.74, 6) is -0.310. The highest BCUT2D eigenvalue weighted by Crippen LogP contribution is 2.31. The number of nitrogen functional groups attached to an aromatic ring is 1. The summed E-state index contributed by atoms with van der Waals surface area (Å²) in [5, 5.41) is 0.534. The van der Waals surface area contributed by atoms with Crippen molar-refractivity contribution in [3.63, 3.8) is 0 Å². The third-order valence-electron chi connectivity index (χ3n) is 2.61. The molecule has 3 aromatic rings. The maximum Gasteiger partial charge on any atom is 0.232 e. The van der Waals surface area contributed by atoms with E-state index >= 15 is 0 Å². The van der Waals surface area contributed by atoms with E-state index in [1.54, 1.807) is 24.3 Å². The van der Waals surface area contributed by atoms with Gasteiger partial charge in [0.1, 0.15) is 11.3 Å². The van der Waals surface area contributed by atoms with Gasteiger partial charge < -0.3 is 10.2 Å². The van der Waals surface area contributed by atoms with Gasteiger partial charge in [-0.25, -0.2) is 9.37 Å². The van der Waals surface area contributed by atoms with Crippen LogP contribution in [0, 0.1) is 5.82 Å². The molecule has 2 N–H and O–H groups in total. The predicted octanol–water partition coefficient (Wildman–Crippen LogP) is 3.87. The largest absolute Gasteiger partial charge is 0.436 e. The van der Waals surface area contributed by atoms with E-state index in [0.29, 0.717) is 16.1 Å². The van der Waals surface area contributed by atoms with Crippen molar-refractivity contribution < 1.29 is 8.81 Å². The maximum absolute atomic E-state index is 13.7. The van der Waals surface area contributed by atoms with Crippen molar-refractivity contribution in [3.8, 4) is 11.5 Å². The molecule has 3 rings (SSSR count). The number of aromatic nitrogens is 1. The Kier molecular flexibility index (Phi) is 2.45. The Bertz CT molecular complexity index is 719. The third kappa shape index (κ3) is 1.71. The molecule has 0 unspecified atom stereocenters. The van der Waals surface area contributed by atoms with Crippen molar-refractivity contribution in [2.45, 2.75) is 0 Å². The fraction of sp³-hybridized carbons (Fsp3) is 0. The minimum absolute atomic E-state index is 0.155. The van der Waals surface area contributed by atoms with Gasteiger partial charge in [0.25, 0.3) is 0 Å². The van der Waals surface area contributed by atoms with E-state index in [9.17, 15) is 4.39 Å². The molecule has 0 aliphatic carbocycles. The van der Waals surface area contributed by atoms with Gasteiger partial charge in [-0.05, 0) is 24.3 Å². The lowest BCUT2D eigenvalue weighted by molar-refractivity contribution is 0.594. The minimum atomic E-state index is -0.465. The maximum atomic E-state index is 13.7. The molecule has 18 heavy (non-hydrogen) atoms. The molecular formula is C13H8ClFN2O. The van der Waals surface area contributed by atoms with Gasteiger partial charge in [0, 0.05) is 16.8 Å².